The van der Waals surface area contributed by atoms with Gasteiger partial charge in [0.05, 0.1) is 5.60 Å². The van der Waals surface area contributed by atoms with Crippen LogP contribution in [-0.4, -0.2) is 5.11 Å². The van der Waals surface area contributed by atoms with E-state index < -0.39 is 5.60 Å². The van der Waals surface area contributed by atoms with Crippen LogP contribution in [-0.2, 0) is 11.0 Å². The van der Waals surface area contributed by atoms with Gasteiger partial charge in [-0.25, -0.2) is 0 Å². The summed E-state index contributed by atoms with van der Waals surface area (Å²) in [5.74, 6) is 0. The van der Waals surface area contributed by atoms with Gasteiger partial charge < -0.3 is 5.11 Å². The number of hydrogen-bond donors (Lipinski definition) is 1. The van der Waals surface area contributed by atoms with E-state index in [-0.39, 0.29) is 5.41 Å². The summed E-state index contributed by atoms with van der Waals surface area (Å²) in [5.41, 5.74) is 2.02. The van der Waals surface area contributed by atoms with Gasteiger partial charge in [0, 0.05) is 0 Å². The van der Waals surface area contributed by atoms with Crippen molar-refractivity contribution in [2.45, 2.75) is 44.6 Å². The third-order valence-electron chi connectivity index (χ3n) is 2.96. The summed E-state index contributed by atoms with van der Waals surface area (Å²) in [6.45, 7) is 6.58. The minimum atomic E-state index is -0.510. The average molecular weight is 190 g/mol. The van der Waals surface area contributed by atoms with Crippen LogP contribution in [0, 0.1) is 0 Å². The van der Waals surface area contributed by atoms with Gasteiger partial charge >= 0.3 is 0 Å². The van der Waals surface area contributed by atoms with E-state index in [1.807, 2.05) is 6.07 Å². The molecule has 1 N–H and O–H groups in total. The van der Waals surface area contributed by atoms with E-state index >= 15 is 0 Å². The summed E-state index contributed by atoms with van der Waals surface area (Å²) in [7, 11) is 0. The number of rotatable bonds is 1. The van der Waals surface area contributed by atoms with Gasteiger partial charge in [-0.2, -0.15) is 0 Å². The molecule has 0 aliphatic heterocycles. The lowest BCUT2D eigenvalue weighted by Crippen LogP contribution is -2.18. The van der Waals surface area contributed by atoms with Crippen LogP contribution in [0.15, 0.2) is 24.3 Å². The summed E-state index contributed by atoms with van der Waals surface area (Å²) in [6, 6.07) is 8.26. The molecular formula is C13H18O. The van der Waals surface area contributed by atoms with Crippen LogP contribution in [0.25, 0.3) is 0 Å². The third-order valence-corrected chi connectivity index (χ3v) is 2.96. The molecule has 76 valence electrons. The first-order valence-corrected chi connectivity index (χ1v) is 5.26. The molecule has 0 spiro atoms. The van der Waals surface area contributed by atoms with Crippen LogP contribution in [0.4, 0.5) is 0 Å². The molecule has 14 heavy (non-hydrogen) atoms. The molecular weight excluding hydrogens is 172 g/mol. The molecule has 1 nitrogen and oxygen atoms in total. The van der Waals surface area contributed by atoms with Crippen LogP contribution < -0.4 is 0 Å². The average Bonchev–Trinajstić information content (AvgIpc) is 2.84. The highest BCUT2D eigenvalue weighted by Gasteiger charge is 2.44. The van der Waals surface area contributed by atoms with Crippen molar-refractivity contribution < 1.29 is 5.11 Å². The largest absolute Gasteiger partial charge is 0.385 e. The predicted molar refractivity (Wildman–Crippen MR) is 58.3 cm³/mol. The van der Waals surface area contributed by atoms with Crippen molar-refractivity contribution in [2.75, 3.05) is 0 Å². The molecule has 1 fully saturated rings. The molecule has 0 saturated heterocycles. The molecule has 0 radical (unpaired) electrons. The fraction of sp³-hybridized carbons (Fsp3) is 0.538. The van der Waals surface area contributed by atoms with Crippen LogP contribution in [0.2, 0.25) is 0 Å². The molecule has 1 aromatic rings. The second-order valence-corrected chi connectivity index (χ2v) is 5.33. The molecule has 0 unspecified atom stereocenters. The highest BCUT2D eigenvalue weighted by molar-refractivity contribution is 5.39. The predicted octanol–water partition coefficient (Wildman–Crippen LogP) is 2.97. The van der Waals surface area contributed by atoms with Crippen molar-refractivity contribution in [2.24, 2.45) is 0 Å². The summed E-state index contributed by atoms with van der Waals surface area (Å²) < 4.78 is 0. The first kappa shape index (κ1) is 9.72. The molecule has 0 heterocycles. The normalized spacial score (nSPS) is 19.4. The highest BCUT2D eigenvalue weighted by Crippen LogP contribution is 2.48. The topological polar surface area (TPSA) is 20.2 Å². The van der Waals surface area contributed by atoms with Crippen LogP contribution in [0.5, 0.6) is 0 Å². The van der Waals surface area contributed by atoms with Crippen LogP contribution in [0.1, 0.15) is 44.7 Å². The lowest BCUT2D eigenvalue weighted by molar-refractivity contribution is 0.149. The standard InChI is InChI=1S/C13H18O/c1-12(2,3)10-6-4-5-7-11(10)13(14)8-9-13/h4-7,14H,8-9H2,1-3H3. The smallest absolute Gasteiger partial charge is 0.0901 e. The molecule has 1 aromatic carbocycles. The zero-order valence-electron chi connectivity index (χ0n) is 9.17. The Kier molecular flexibility index (Phi) is 1.97. The molecule has 2 rings (SSSR count). The van der Waals surface area contributed by atoms with Gasteiger partial charge in [0.1, 0.15) is 0 Å². The molecule has 1 aliphatic rings. The van der Waals surface area contributed by atoms with E-state index in [9.17, 15) is 5.11 Å². The Morgan fingerprint density at radius 2 is 1.71 bits per heavy atom. The van der Waals surface area contributed by atoms with Crippen molar-refractivity contribution in [3.63, 3.8) is 0 Å². The van der Waals surface area contributed by atoms with Crippen molar-refractivity contribution in [3.8, 4) is 0 Å². The molecule has 0 amide bonds. The van der Waals surface area contributed by atoms with E-state index in [2.05, 4.69) is 39.0 Å². The molecule has 1 saturated carbocycles. The van der Waals surface area contributed by atoms with Crippen molar-refractivity contribution >= 4 is 0 Å². The Balaban J connectivity index is 2.50. The lowest BCUT2D eigenvalue weighted by atomic mass is 9.82. The van der Waals surface area contributed by atoms with E-state index in [1.54, 1.807) is 0 Å². The summed E-state index contributed by atoms with van der Waals surface area (Å²) in [6.07, 6.45) is 1.83. The van der Waals surface area contributed by atoms with Gasteiger partial charge in [0.15, 0.2) is 0 Å². The van der Waals surface area contributed by atoms with E-state index in [1.165, 1.54) is 5.56 Å². The zero-order valence-corrected chi connectivity index (χ0v) is 9.17. The fourth-order valence-electron chi connectivity index (χ4n) is 1.93. The third kappa shape index (κ3) is 1.57. The summed E-state index contributed by atoms with van der Waals surface area (Å²) in [4.78, 5) is 0. The Hall–Kier alpha value is -0.820. The summed E-state index contributed by atoms with van der Waals surface area (Å²) >= 11 is 0. The first-order valence-electron chi connectivity index (χ1n) is 5.26. The molecule has 0 aromatic heterocycles. The molecule has 0 bridgehead atoms. The Labute approximate surface area is 85.8 Å². The number of benzene rings is 1. The van der Waals surface area contributed by atoms with Crippen molar-refractivity contribution in [1.82, 2.24) is 0 Å². The highest BCUT2D eigenvalue weighted by atomic mass is 16.3. The minimum Gasteiger partial charge on any atom is -0.385 e. The Morgan fingerprint density at radius 1 is 1.14 bits per heavy atom. The lowest BCUT2D eigenvalue weighted by Gasteiger charge is -2.25. The second-order valence-electron chi connectivity index (χ2n) is 5.33. The SMILES string of the molecule is CC(C)(C)c1ccccc1C1(O)CC1. The van der Waals surface area contributed by atoms with E-state index in [4.69, 9.17) is 0 Å². The quantitative estimate of drug-likeness (QED) is 0.721. The van der Waals surface area contributed by atoms with E-state index in [0.717, 1.165) is 18.4 Å². The van der Waals surface area contributed by atoms with E-state index in [0.29, 0.717) is 0 Å². The number of hydrogen-bond acceptors (Lipinski definition) is 1. The van der Waals surface area contributed by atoms with Gasteiger partial charge in [0.2, 0.25) is 0 Å². The maximum Gasteiger partial charge on any atom is 0.0901 e. The molecule has 0 atom stereocenters. The van der Waals surface area contributed by atoms with Gasteiger partial charge in [0.25, 0.3) is 0 Å². The van der Waals surface area contributed by atoms with Gasteiger partial charge in [-0.15, -0.1) is 0 Å². The van der Waals surface area contributed by atoms with Crippen molar-refractivity contribution in [3.05, 3.63) is 35.4 Å². The molecule has 1 aliphatic carbocycles. The number of aliphatic hydroxyl groups is 1. The van der Waals surface area contributed by atoms with Gasteiger partial charge in [-0.1, -0.05) is 45.0 Å². The summed E-state index contributed by atoms with van der Waals surface area (Å²) in [5, 5.41) is 10.1. The molecule has 1 heteroatoms. The fourth-order valence-corrected chi connectivity index (χ4v) is 1.93. The van der Waals surface area contributed by atoms with Crippen LogP contribution in [0.3, 0.4) is 0 Å². The maximum atomic E-state index is 10.1. The van der Waals surface area contributed by atoms with Crippen LogP contribution >= 0.6 is 0 Å². The van der Waals surface area contributed by atoms with Gasteiger partial charge in [-0.3, -0.25) is 0 Å². The zero-order chi connectivity index (χ0) is 10.4. The Bertz CT molecular complexity index is 318. The second kappa shape index (κ2) is 2.83. The monoisotopic (exact) mass is 190 g/mol. The van der Waals surface area contributed by atoms with Crippen molar-refractivity contribution in [1.29, 1.82) is 0 Å². The first-order chi connectivity index (χ1) is 6.43. The Morgan fingerprint density at radius 3 is 2.21 bits per heavy atom. The minimum absolute atomic E-state index is 0.120. The maximum absolute atomic E-state index is 10.1. The van der Waals surface area contributed by atoms with Gasteiger partial charge in [-0.05, 0) is 29.4 Å².